The molecule has 0 radical (unpaired) electrons. The Balaban J connectivity index is 1.71. The van der Waals surface area contributed by atoms with Crippen molar-refractivity contribution in [2.24, 2.45) is 0 Å². The van der Waals surface area contributed by atoms with E-state index in [2.05, 4.69) is 20.4 Å². The van der Waals surface area contributed by atoms with E-state index >= 15 is 0 Å². The highest BCUT2D eigenvalue weighted by Gasteiger charge is 2.16. The highest BCUT2D eigenvalue weighted by molar-refractivity contribution is 5.55. The predicted molar refractivity (Wildman–Crippen MR) is 64.9 cm³/mol. The molecule has 1 N–H and O–H groups in total. The van der Waals surface area contributed by atoms with Crippen molar-refractivity contribution >= 4 is 0 Å². The largest absolute Gasteiger partial charge is 0.469 e. The first-order chi connectivity index (χ1) is 8.83. The molecule has 2 aromatic rings. The maximum absolute atomic E-state index is 5.28. The van der Waals surface area contributed by atoms with Gasteiger partial charge in [-0.1, -0.05) is 5.16 Å². The summed E-state index contributed by atoms with van der Waals surface area (Å²) in [6, 6.07) is 1.86. The quantitative estimate of drug-likeness (QED) is 0.875. The summed E-state index contributed by atoms with van der Waals surface area (Å²) in [5.74, 6) is 2.07. The second kappa shape index (κ2) is 4.91. The Hall–Kier alpha value is -1.66. The molecule has 1 aliphatic rings. The summed E-state index contributed by atoms with van der Waals surface area (Å²) < 4.78 is 10.5. The lowest BCUT2D eigenvalue weighted by molar-refractivity contribution is 0.203. The number of hydrogen-bond donors (Lipinski definition) is 1. The van der Waals surface area contributed by atoms with Gasteiger partial charge in [0, 0.05) is 26.2 Å². The Morgan fingerprint density at radius 1 is 1.39 bits per heavy atom. The van der Waals surface area contributed by atoms with Gasteiger partial charge in [0.1, 0.15) is 5.76 Å². The van der Waals surface area contributed by atoms with Crippen molar-refractivity contribution in [3.05, 3.63) is 24.0 Å². The van der Waals surface area contributed by atoms with Gasteiger partial charge >= 0.3 is 0 Å². The Bertz CT molecular complexity index is 514. The third kappa shape index (κ3) is 2.30. The lowest BCUT2D eigenvalue weighted by Crippen LogP contribution is -2.42. The fraction of sp³-hybridized carbons (Fsp3) is 0.500. The van der Waals surface area contributed by atoms with E-state index in [-0.39, 0.29) is 0 Å². The molecule has 3 heterocycles. The minimum atomic E-state index is 0.603. The summed E-state index contributed by atoms with van der Waals surface area (Å²) >= 11 is 0. The van der Waals surface area contributed by atoms with Gasteiger partial charge in [-0.3, -0.25) is 4.90 Å². The van der Waals surface area contributed by atoms with E-state index in [4.69, 9.17) is 8.94 Å². The van der Waals surface area contributed by atoms with Crippen LogP contribution in [0.15, 0.2) is 21.3 Å². The molecule has 0 spiro atoms. The zero-order chi connectivity index (χ0) is 12.4. The molecule has 6 heteroatoms. The fourth-order valence-electron chi connectivity index (χ4n) is 2.11. The highest BCUT2D eigenvalue weighted by atomic mass is 16.5. The van der Waals surface area contributed by atoms with E-state index in [9.17, 15) is 0 Å². The first-order valence-electron chi connectivity index (χ1n) is 6.13. The van der Waals surface area contributed by atoms with Gasteiger partial charge in [0.25, 0.3) is 0 Å². The summed E-state index contributed by atoms with van der Waals surface area (Å²) in [4.78, 5) is 6.71. The number of rotatable bonds is 3. The molecule has 0 unspecified atom stereocenters. The first-order valence-corrected chi connectivity index (χ1v) is 6.13. The van der Waals surface area contributed by atoms with E-state index in [1.807, 2.05) is 13.0 Å². The van der Waals surface area contributed by atoms with Gasteiger partial charge in [-0.2, -0.15) is 4.98 Å². The van der Waals surface area contributed by atoms with Gasteiger partial charge in [0.15, 0.2) is 0 Å². The van der Waals surface area contributed by atoms with Gasteiger partial charge in [-0.05, 0) is 13.0 Å². The summed E-state index contributed by atoms with van der Waals surface area (Å²) in [5, 5.41) is 7.31. The van der Waals surface area contributed by atoms with Crippen LogP contribution >= 0.6 is 0 Å². The number of aryl methyl sites for hydroxylation is 1. The summed E-state index contributed by atoms with van der Waals surface area (Å²) in [5.41, 5.74) is 0.894. The summed E-state index contributed by atoms with van der Waals surface area (Å²) in [6.45, 7) is 6.67. The first kappa shape index (κ1) is 11.4. The molecule has 0 saturated carbocycles. The van der Waals surface area contributed by atoms with Crippen molar-refractivity contribution in [2.75, 3.05) is 26.2 Å². The monoisotopic (exact) mass is 248 g/mol. The number of aromatic nitrogens is 2. The highest BCUT2D eigenvalue weighted by Crippen LogP contribution is 2.21. The molecule has 3 rings (SSSR count). The molecule has 1 aliphatic heterocycles. The third-order valence-corrected chi connectivity index (χ3v) is 3.14. The van der Waals surface area contributed by atoms with Crippen LogP contribution in [0.25, 0.3) is 11.4 Å². The molecule has 2 aromatic heterocycles. The smallest absolute Gasteiger partial charge is 0.241 e. The Labute approximate surface area is 105 Å². The van der Waals surface area contributed by atoms with Gasteiger partial charge in [0.2, 0.25) is 11.7 Å². The van der Waals surface area contributed by atoms with Crippen molar-refractivity contribution in [1.29, 1.82) is 0 Å². The number of nitrogens with one attached hydrogen (secondary N) is 1. The van der Waals surface area contributed by atoms with Crippen LogP contribution in [0.2, 0.25) is 0 Å². The standard InChI is InChI=1S/C12H16N4O2/c1-9-10(2-7-17-9)12-14-11(18-15-12)8-16-5-3-13-4-6-16/h2,7,13H,3-6,8H2,1H3. The van der Waals surface area contributed by atoms with Crippen LogP contribution in [0.1, 0.15) is 11.7 Å². The molecular formula is C12H16N4O2. The second-order valence-corrected chi connectivity index (χ2v) is 4.43. The Morgan fingerprint density at radius 2 is 2.22 bits per heavy atom. The van der Waals surface area contributed by atoms with Crippen LogP contribution in [0.4, 0.5) is 0 Å². The van der Waals surface area contributed by atoms with Crippen LogP contribution in [0, 0.1) is 6.92 Å². The van der Waals surface area contributed by atoms with E-state index in [0.717, 1.165) is 37.5 Å². The van der Waals surface area contributed by atoms with E-state index < -0.39 is 0 Å². The molecule has 1 saturated heterocycles. The van der Waals surface area contributed by atoms with Crippen molar-refractivity contribution in [3.63, 3.8) is 0 Å². The molecule has 18 heavy (non-hydrogen) atoms. The number of hydrogen-bond acceptors (Lipinski definition) is 6. The van der Waals surface area contributed by atoms with Gasteiger partial charge in [-0.25, -0.2) is 0 Å². The van der Waals surface area contributed by atoms with Gasteiger partial charge in [-0.15, -0.1) is 0 Å². The van der Waals surface area contributed by atoms with Crippen molar-refractivity contribution in [3.8, 4) is 11.4 Å². The molecular weight excluding hydrogens is 232 g/mol. The van der Waals surface area contributed by atoms with Crippen molar-refractivity contribution in [2.45, 2.75) is 13.5 Å². The predicted octanol–water partition coefficient (Wildman–Crippen LogP) is 1.04. The lowest BCUT2D eigenvalue weighted by Gasteiger charge is -2.25. The van der Waals surface area contributed by atoms with E-state index in [1.165, 1.54) is 0 Å². The van der Waals surface area contributed by atoms with Crippen LogP contribution in [0.3, 0.4) is 0 Å². The summed E-state index contributed by atoms with van der Waals surface area (Å²) in [7, 11) is 0. The van der Waals surface area contributed by atoms with Crippen LogP contribution < -0.4 is 5.32 Å². The number of furan rings is 1. The minimum absolute atomic E-state index is 0.603. The minimum Gasteiger partial charge on any atom is -0.469 e. The van der Waals surface area contributed by atoms with Gasteiger partial charge in [0.05, 0.1) is 18.4 Å². The number of nitrogens with zero attached hydrogens (tertiary/aromatic N) is 3. The molecule has 96 valence electrons. The van der Waals surface area contributed by atoms with Crippen LogP contribution in [-0.4, -0.2) is 41.2 Å². The second-order valence-electron chi connectivity index (χ2n) is 4.43. The molecule has 0 bridgehead atoms. The van der Waals surface area contributed by atoms with Crippen molar-refractivity contribution < 1.29 is 8.94 Å². The van der Waals surface area contributed by atoms with Gasteiger partial charge < -0.3 is 14.3 Å². The van der Waals surface area contributed by atoms with E-state index in [1.54, 1.807) is 6.26 Å². The average molecular weight is 248 g/mol. The molecule has 0 amide bonds. The lowest BCUT2D eigenvalue weighted by atomic mass is 10.2. The average Bonchev–Trinajstić information content (AvgIpc) is 2.99. The van der Waals surface area contributed by atoms with Crippen LogP contribution in [0.5, 0.6) is 0 Å². The van der Waals surface area contributed by atoms with Crippen molar-refractivity contribution in [1.82, 2.24) is 20.4 Å². The zero-order valence-corrected chi connectivity index (χ0v) is 10.3. The maximum atomic E-state index is 5.28. The molecule has 1 fully saturated rings. The molecule has 6 nitrogen and oxygen atoms in total. The third-order valence-electron chi connectivity index (χ3n) is 3.14. The number of piperazine rings is 1. The molecule has 0 aromatic carbocycles. The fourth-order valence-corrected chi connectivity index (χ4v) is 2.11. The molecule has 0 aliphatic carbocycles. The topological polar surface area (TPSA) is 67.3 Å². The normalized spacial score (nSPS) is 17.2. The van der Waals surface area contributed by atoms with E-state index in [0.29, 0.717) is 18.3 Å². The SMILES string of the molecule is Cc1occc1-c1noc(CN2CCNCC2)n1. The zero-order valence-electron chi connectivity index (χ0n) is 10.3. The van der Waals surface area contributed by atoms with Crippen LogP contribution in [-0.2, 0) is 6.54 Å². The maximum Gasteiger partial charge on any atom is 0.241 e. The molecule has 0 atom stereocenters. The Kier molecular flexibility index (Phi) is 3.12. The summed E-state index contributed by atoms with van der Waals surface area (Å²) in [6.07, 6.45) is 1.64. The Morgan fingerprint density at radius 3 is 2.94 bits per heavy atom.